The van der Waals surface area contributed by atoms with Gasteiger partial charge in [0.15, 0.2) is 0 Å². The summed E-state index contributed by atoms with van der Waals surface area (Å²) in [5.41, 5.74) is 3.41. The number of hydrogen-bond acceptors (Lipinski definition) is 6. The van der Waals surface area contributed by atoms with E-state index in [2.05, 4.69) is 13.2 Å². The van der Waals surface area contributed by atoms with Crippen molar-refractivity contribution in [3.05, 3.63) is 90.5 Å². The predicted molar refractivity (Wildman–Crippen MR) is 157 cm³/mol. The number of esters is 1. The van der Waals surface area contributed by atoms with E-state index in [0.717, 1.165) is 22.4 Å². The number of hydrogen-bond donors (Lipinski definition) is 1. The van der Waals surface area contributed by atoms with Crippen LogP contribution in [0.1, 0.15) is 35.6 Å². The molecule has 3 aliphatic heterocycles. The Hall–Kier alpha value is -3.36. The second-order valence-electron chi connectivity index (χ2n) is 10.8. The van der Waals surface area contributed by atoms with Crippen LogP contribution in [0.3, 0.4) is 0 Å². The van der Waals surface area contributed by atoms with Gasteiger partial charge in [-0.15, -0.1) is 18.3 Å². The fourth-order valence-corrected chi connectivity index (χ4v) is 9.23. The molecule has 3 aliphatic rings. The molecule has 1 N–H and O–H groups in total. The molecule has 2 aromatic rings. The number of aliphatic hydroxyl groups is 1. The number of aliphatic hydroxyl groups excluding tert-OH is 1. The van der Waals surface area contributed by atoms with Gasteiger partial charge in [0, 0.05) is 17.5 Å². The SMILES string of the molecule is C=CCOC(=O)[C@@H]1[C@@H]2CCC3(S2)C(C(=O)N(CC=C)c2c(C)cccc2C)N([C@H](CO)c2ccccc2)C(=O)[C@H]13. The summed E-state index contributed by atoms with van der Waals surface area (Å²) >= 11 is 1.58. The molecule has 8 heteroatoms. The Morgan fingerprint density at radius 1 is 1.15 bits per heavy atom. The van der Waals surface area contributed by atoms with Crippen LogP contribution in [0.15, 0.2) is 73.8 Å². The minimum atomic E-state index is -0.881. The number of likely N-dealkylation sites (tertiary alicyclic amines) is 1. The van der Waals surface area contributed by atoms with E-state index in [9.17, 15) is 19.5 Å². The first kappa shape index (κ1) is 28.2. The Bertz CT molecular complexity index is 1310. The maximum Gasteiger partial charge on any atom is 0.311 e. The topological polar surface area (TPSA) is 87.2 Å². The molecule has 0 saturated carbocycles. The molecular formula is C32H36N2O5S. The van der Waals surface area contributed by atoms with Gasteiger partial charge < -0.3 is 19.6 Å². The summed E-state index contributed by atoms with van der Waals surface area (Å²) < 4.78 is 4.66. The summed E-state index contributed by atoms with van der Waals surface area (Å²) in [5.74, 6) is -2.31. The molecule has 6 atom stereocenters. The number of anilines is 1. The van der Waals surface area contributed by atoms with Gasteiger partial charge >= 0.3 is 5.97 Å². The summed E-state index contributed by atoms with van der Waals surface area (Å²) in [4.78, 5) is 46.0. The second kappa shape index (κ2) is 11.3. The Balaban J connectivity index is 1.66. The number of aryl methyl sites for hydroxylation is 2. The molecule has 210 valence electrons. The predicted octanol–water partition coefficient (Wildman–Crippen LogP) is 4.38. The van der Waals surface area contributed by atoms with Crippen molar-refractivity contribution in [2.75, 3.05) is 24.7 Å². The average Bonchev–Trinajstić information content (AvgIpc) is 3.59. The van der Waals surface area contributed by atoms with Crippen LogP contribution >= 0.6 is 11.8 Å². The first-order valence-electron chi connectivity index (χ1n) is 13.7. The standard InChI is InChI=1S/C32H36N2O5S/c1-5-17-33(27-20(3)11-10-12-21(27)4)30(37)28-32-16-15-24(40-32)25(31(38)39-18-6-2)26(32)29(36)34(28)23(19-35)22-13-8-7-9-14-22/h5-14,23-26,28,35H,1-2,15-19H2,3-4H3/t23-,24+,25-,26+,28?,32?/m1/s1. The second-order valence-corrected chi connectivity index (χ2v) is 12.4. The molecule has 2 aromatic carbocycles. The van der Waals surface area contributed by atoms with E-state index < -0.39 is 34.6 Å². The van der Waals surface area contributed by atoms with Crippen molar-refractivity contribution >= 4 is 35.2 Å². The van der Waals surface area contributed by atoms with Crippen molar-refractivity contribution in [1.82, 2.24) is 4.90 Å². The van der Waals surface area contributed by atoms with Crippen molar-refractivity contribution in [3.63, 3.8) is 0 Å². The molecule has 40 heavy (non-hydrogen) atoms. The quantitative estimate of drug-likeness (QED) is 0.343. The number of nitrogens with zero attached hydrogens (tertiary/aromatic N) is 2. The van der Waals surface area contributed by atoms with Gasteiger partial charge in [-0.3, -0.25) is 14.4 Å². The number of thioether (sulfide) groups is 1. The van der Waals surface area contributed by atoms with Gasteiger partial charge in [-0.05, 0) is 43.4 Å². The van der Waals surface area contributed by atoms with Crippen LogP contribution in [-0.4, -0.2) is 63.6 Å². The van der Waals surface area contributed by atoms with Crippen LogP contribution in [0.5, 0.6) is 0 Å². The van der Waals surface area contributed by atoms with E-state index in [1.807, 2.05) is 62.4 Å². The molecule has 7 nitrogen and oxygen atoms in total. The lowest BCUT2D eigenvalue weighted by Gasteiger charge is -2.40. The van der Waals surface area contributed by atoms with Gasteiger partial charge in [-0.25, -0.2) is 0 Å². The van der Waals surface area contributed by atoms with Crippen LogP contribution in [-0.2, 0) is 19.1 Å². The third-order valence-corrected chi connectivity index (χ3v) is 10.5. The van der Waals surface area contributed by atoms with Crippen molar-refractivity contribution in [1.29, 1.82) is 0 Å². The highest BCUT2D eigenvalue weighted by molar-refractivity contribution is 8.02. The highest BCUT2D eigenvalue weighted by atomic mass is 32.2. The highest BCUT2D eigenvalue weighted by Gasteiger charge is 2.75. The zero-order chi connectivity index (χ0) is 28.6. The Kier molecular flexibility index (Phi) is 7.93. The maximum atomic E-state index is 14.9. The normalized spacial score (nSPS) is 27.3. The molecule has 1 spiro atoms. The Morgan fingerprint density at radius 2 is 1.85 bits per heavy atom. The number of carbonyl (C=O) groups is 3. The Labute approximate surface area is 239 Å². The Morgan fingerprint density at radius 3 is 2.48 bits per heavy atom. The van der Waals surface area contributed by atoms with Crippen LogP contribution in [0.4, 0.5) is 5.69 Å². The van der Waals surface area contributed by atoms with E-state index in [0.29, 0.717) is 12.8 Å². The minimum absolute atomic E-state index is 0.0651. The van der Waals surface area contributed by atoms with Gasteiger partial charge in [0.05, 0.1) is 29.2 Å². The molecule has 3 heterocycles. The van der Waals surface area contributed by atoms with Gasteiger partial charge in [-0.2, -0.15) is 0 Å². The molecule has 3 fully saturated rings. The van der Waals surface area contributed by atoms with Gasteiger partial charge in [-0.1, -0.05) is 67.3 Å². The average molecular weight is 561 g/mol. The number of carbonyl (C=O) groups excluding carboxylic acids is 3. The lowest BCUT2D eigenvalue weighted by Crippen LogP contribution is -2.56. The monoisotopic (exact) mass is 560 g/mol. The number of rotatable bonds is 10. The van der Waals surface area contributed by atoms with Crippen molar-refractivity contribution in [2.24, 2.45) is 11.8 Å². The molecular weight excluding hydrogens is 524 g/mol. The fraction of sp³-hybridized carbons (Fsp3) is 0.406. The first-order chi connectivity index (χ1) is 19.3. The molecule has 0 aromatic heterocycles. The van der Waals surface area contributed by atoms with Crippen LogP contribution in [0.25, 0.3) is 0 Å². The summed E-state index contributed by atoms with van der Waals surface area (Å²) in [6.07, 6.45) is 4.53. The van der Waals surface area contributed by atoms with Crippen molar-refractivity contribution in [2.45, 2.75) is 48.8 Å². The fourth-order valence-electron chi connectivity index (χ4n) is 7.04. The number of para-hydroxylation sites is 1. The first-order valence-corrected chi connectivity index (χ1v) is 14.6. The smallest absolute Gasteiger partial charge is 0.311 e. The molecule has 3 saturated heterocycles. The highest BCUT2D eigenvalue weighted by Crippen LogP contribution is 2.67. The molecule has 0 aliphatic carbocycles. The lowest BCUT2D eigenvalue weighted by atomic mass is 9.71. The van der Waals surface area contributed by atoms with E-state index in [1.165, 1.54) is 6.08 Å². The maximum absolute atomic E-state index is 14.9. The number of ether oxygens (including phenoxy) is 1. The van der Waals surface area contributed by atoms with Crippen molar-refractivity contribution in [3.8, 4) is 0 Å². The largest absolute Gasteiger partial charge is 0.461 e. The van der Waals surface area contributed by atoms with Gasteiger partial charge in [0.1, 0.15) is 12.6 Å². The summed E-state index contributed by atoms with van der Waals surface area (Å²) in [6.45, 7) is 11.5. The van der Waals surface area contributed by atoms with Gasteiger partial charge in [0.2, 0.25) is 5.91 Å². The van der Waals surface area contributed by atoms with E-state index >= 15 is 0 Å². The third kappa shape index (κ3) is 4.38. The van der Waals surface area contributed by atoms with Gasteiger partial charge in [0.25, 0.3) is 5.91 Å². The zero-order valence-corrected chi connectivity index (χ0v) is 23.8. The van der Waals surface area contributed by atoms with Crippen LogP contribution < -0.4 is 4.90 Å². The van der Waals surface area contributed by atoms with Crippen molar-refractivity contribution < 1.29 is 24.2 Å². The summed E-state index contributed by atoms with van der Waals surface area (Å²) in [5, 5.41) is 10.6. The minimum Gasteiger partial charge on any atom is -0.461 e. The lowest BCUT2D eigenvalue weighted by molar-refractivity contribution is -0.153. The number of benzene rings is 2. The molecule has 0 radical (unpaired) electrons. The molecule has 5 rings (SSSR count). The number of fused-ring (bicyclic) bond motifs is 1. The van der Waals surface area contributed by atoms with Crippen LogP contribution in [0.2, 0.25) is 0 Å². The number of amides is 2. The molecule has 2 unspecified atom stereocenters. The molecule has 2 bridgehead atoms. The summed E-state index contributed by atoms with van der Waals surface area (Å²) in [7, 11) is 0. The van der Waals surface area contributed by atoms with Crippen LogP contribution in [0, 0.1) is 25.7 Å². The van der Waals surface area contributed by atoms with E-state index in [4.69, 9.17) is 4.74 Å². The summed E-state index contributed by atoms with van der Waals surface area (Å²) in [6, 6.07) is 13.5. The molecule has 2 amide bonds. The zero-order valence-electron chi connectivity index (χ0n) is 23.0. The van der Waals surface area contributed by atoms with E-state index in [1.54, 1.807) is 27.6 Å². The van der Waals surface area contributed by atoms with E-state index in [-0.39, 0.29) is 36.8 Å². The third-order valence-electron chi connectivity index (χ3n) is 8.57.